The van der Waals surface area contributed by atoms with Crippen molar-refractivity contribution in [3.8, 4) is 0 Å². The van der Waals surface area contributed by atoms with Gasteiger partial charge in [0.1, 0.15) is 0 Å². The van der Waals surface area contributed by atoms with E-state index in [2.05, 4.69) is 0 Å². The number of benzene rings is 1. The first-order valence-corrected chi connectivity index (χ1v) is 3.40. The van der Waals surface area contributed by atoms with Gasteiger partial charge < -0.3 is 15.8 Å². The third kappa shape index (κ3) is 1.65. The zero-order chi connectivity index (χ0) is 8.43. The molecular formula is C6H7BClNO2. The summed E-state index contributed by atoms with van der Waals surface area (Å²) in [5.41, 5.74) is 5.88. The average molecular weight is 171 g/mol. The molecule has 1 aromatic carbocycles. The molecule has 0 unspecified atom stereocenters. The average Bonchev–Trinajstić information content (AvgIpc) is 1.94. The summed E-state index contributed by atoms with van der Waals surface area (Å²) < 4.78 is 0. The van der Waals surface area contributed by atoms with Crippen LogP contribution in [0.3, 0.4) is 0 Å². The van der Waals surface area contributed by atoms with Crippen LogP contribution in [0.15, 0.2) is 18.2 Å². The highest BCUT2D eigenvalue weighted by Gasteiger charge is 2.15. The number of halogens is 1. The molecule has 58 valence electrons. The highest BCUT2D eigenvalue weighted by atomic mass is 35.5. The standard InChI is InChI=1S/C6H7BClNO2/c8-5-3-1-2-4(6(5)9)7(10)11/h1-3,10-11H,9H2. The predicted octanol–water partition coefficient (Wildman–Crippen LogP) is -0.398. The molecule has 0 aliphatic carbocycles. The molecule has 0 bridgehead atoms. The molecule has 0 spiro atoms. The maximum absolute atomic E-state index is 8.75. The van der Waals surface area contributed by atoms with E-state index < -0.39 is 7.12 Å². The molecule has 0 aliphatic rings. The monoisotopic (exact) mass is 171 g/mol. The highest BCUT2D eigenvalue weighted by Crippen LogP contribution is 2.14. The molecule has 3 nitrogen and oxygen atoms in total. The first kappa shape index (κ1) is 8.39. The number of anilines is 1. The van der Waals surface area contributed by atoms with Crippen LogP contribution in [0.25, 0.3) is 0 Å². The molecule has 0 radical (unpaired) electrons. The van der Waals surface area contributed by atoms with Gasteiger partial charge in [-0.15, -0.1) is 0 Å². The van der Waals surface area contributed by atoms with Crippen molar-refractivity contribution in [2.24, 2.45) is 0 Å². The number of para-hydroxylation sites is 1. The van der Waals surface area contributed by atoms with Gasteiger partial charge in [0.25, 0.3) is 0 Å². The molecule has 5 heteroatoms. The minimum Gasteiger partial charge on any atom is -0.423 e. The summed E-state index contributed by atoms with van der Waals surface area (Å²) in [6.45, 7) is 0. The van der Waals surface area contributed by atoms with Gasteiger partial charge in [0, 0.05) is 5.46 Å². The number of hydrogen-bond acceptors (Lipinski definition) is 3. The summed E-state index contributed by atoms with van der Waals surface area (Å²) in [6.07, 6.45) is 0. The lowest BCUT2D eigenvalue weighted by atomic mass is 9.79. The van der Waals surface area contributed by atoms with Crippen LogP contribution in [0, 0.1) is 0 Å². The second-order valence-corrected chi connectivity index (χ2v) is 2.52. The molecule has 11 heavy (non-hydrogen) atoms. The van der Waals surface area contributed by atoms with Crippen molar-refractivity contribution in [3.05, 3.63) is 23.2 Å². The molecule has 1 rings (SSSR count). The Morgan fingerprint density at radius 1 is 1.36 bits per heavy atom. The van der Waals surface area contributed by atoms with Gasteiger partial charge in [0.05, 0.1) is 10.7 Å². The van der Waals surface area contributed by atoms with Gasteiger partial charge in [-0.25, -0.2) is 0 Å². The number of rotatable bonds is 1. The second kappa shape index (κ2) is 3.13. The Morgan fingerprint density at radius 2 is 2.00 bits per heavy atom. The predicted molar refractivity (Wildman–Crippen MR) is 45.7 cm³/mol. The maximum atomic E-state index is 8.75. The van der Waals surface area contributed by atoms with Gasteiger partial charge in [0.2, 0.25) is 0 Å². The van der Waals surface area contributed by atoms with Crippen LogP contribution in [0.4, 0.5) is 5.69 Å². The van der Waals surface area contributed by atoms with Crippen LogP contribution >= 0.6 is 11.6 Å². The smallest absolute Gasteiger partial charge is 0.423 e. The highest BCUT2D eigenvalue weighted by molar-refractivity contribution is 6.61. The Kier molecular flexibility index (Phi) is 2.39. The van der Waals surface area contributed by atoms with E-state index in [9.17, 15) is 0 Å². The van der Waals surface area contributed by atoms with Crippen LogP contribution < -0.4 is 11.2 Å². The van der Waals surface area contributed by atoms with Crippen molar-refractivity contribution in [3.63, 3.8) is 0 Å². The van der Waals surface area contributed by atoms with Gasteiger partial charge in [0.15, 0.2) is 0 Å². The summed E-state index contributed by atoms with van der Waals surface area (Å²) in [6, 6.07) is 4.70. The Hall–Kier alpha value is -0.705. The topological polar surface area (TPSA) is 66.5 Å². The normalized spacial score (nSPS) is 9.73. The minimum atomic E-state index is -1.56. The van der Waals surface area contributed by atoms with Gasteiger partial charge in [-0.05, 0) is 6.07 Å². The van der Waals surface area contributed by atoms with Crippen LogP contribution in [0.5, 0.6) is 0 Å². The minimum absolute atomic E-state index is 0.212. The molecule has 0 aromatic heterocycles. The Morgan fingerprint density at radius 3 is 2.45 bits per heavy atom. The fourth-order valence-electron chi connectivity index (χ4n) is 0.779. The van der Waals surface area contributed by atoms with Crippen molar-refractivity contribution < 1.29 is 10.0 Å². The number of nitrogen functional groups attached to an aromatic ring is 1. The van der Waals surface area contributed by atoms with Gasteiger partial charge in [-0.1, -0.05) is 23.7 Å². The lowest BCUT2D eigenvalue weighted by Crippen LogP contribution is -2.32. The summed E-state index contributed by atoms with van der Waals surface area (Å²) >= 11 is 5.61. The molecule has 1 aromatic rings. The van der Waals surface area contributed by atoms with E-state index in [1.807, 2.05) is 0 Å². The SMILES string of the molecule is Nc1c(Cl)cccc1B(O)O. The Labute approximate surface area is 69.6 Å². The summed E-state index contributed by atoms with van der Waals surface area (Å²) in [5, 5.41) is 17.8. The summed E-state index contributed by atoms with van der Waals surface area (Å²) in [7, 11) is -1.56. The molecule has 0 fully saturated rings. The first-order valence-electron chi connectivity index (χ1n) is 3.03. The van der Waals surface area contributed by atoms with E-state index in [4.69, 9.17) is 27.4 Å². The third-order valence-corrected chi connectivity index (χ3v) is 1.69. The van der Waals surface area contributed by atoms with Crippen LogP contribution in [0.2, 0.25) is 5.02 Å². The van der Waals surface area contributed by atoms with Crippen molar-refractivity contribution in [1.82, 2.24) is 0 Å². The van der Waals surface area contributed by atoms with Crippen LogP contribution in [0.1, 0.15) is 0 Å². The van der Waals surface area contributed by atoms with E-state index in [0.29, 0.717) is 5.02 Å². The second-order valence-electron chi connectivity index (χ2n) is 2.12. The molecule has 4 N–H and O–H groups in total. The number of nitrogens with two attached hydrogens (primary N) is 1. The molecule has 0 amide bonds. The van der Waals surface area contributed by atoms with Crippen molar-refractivity contribution in [1.29, 1.82) is 0 Å². The lowest BCUT2D eigenvalue weighted by molar-refractivity contribution is 0.426. The van der Waals surface area contributed by atoms with Crippen molar-refractivity contribution >= 4 is 29.9 Å². The zero-order valence-electron chi connectivity index (χ0n) is 5.66. The lowest BCUT2D eigenvalue weighted by Gasteiger charge is -2.04. The van der Waals surface area contributed by atoms with E-state index >= 15 is 0 Å². The quantitative estimate of drug-likeness (QED) is 0.398. The Balaban J connectivity index is 3.17. The Bertz CT molecular complexity index is 267. The summed E-state index contributed by atoms with van der Waals surface area (Å²) in [5.74, 6) is 0. The zero-order valence-corrected chi connectivity index (χ0v) is 6.42. The third-order valence-electron chi connectivity index (χ3n) is 1.36. The van der Waals surface area contributed by atoms with Gasteiger partial charge >= 0.3 is 7.12 Å². The van der Waals surface area contributed by atoms with E-state index in [1.54, 1.807) is 12.1 Å². The van der Waals surface area contributed by atoms with Crippen molar-refractivity contribution in [2.45, 2.75) is 0 Å². The molecular weight excluding hydrogens is 164 g/mol. The molecule has 0 atom stereocenters. The number of hydrogen-bond donors (Lipinski definition) is 3. The molecule has 0 saturated carbocycles. The fraction of sp³-hybridized carbons (Fsp3) is 0. The molecule has 0 aliphatic heterocycles. The van der Waals surface area contributed by atoms with E-state index in [0.717, 1.165) is 0 Å². The van der Waals surface area contributed by atoms with Crippen LogP contribution in [-0.2, 0) is 0 Å². The maximum Gasteiger partial charge on any atom is 0.490 e. The van der Waals surface area contributed by atoms with Gasteiger partial charge in [-0.3, -0.25) is 0 Å². The van der Waals surface area contributed by atoms with E-state index in [1.165, 1.54) is 6.07 Å². The largest absolute Gasteiger partial charge is 0.490 e. The van der Waals surface area contributed by atoms with Crippen molar-refractivity contribution in [2.75, 3.05) is 5.73 Å². The van der Waals surface area contributed by atoms with E-state index in [-0.39, 0.29) is 11.2 Å². The van der Waals surface area contributed by atoms with Crippen LogP contribution in [-0.4, -0.2) is 17.2 Å². The fourth-order valence-corrected chi connectivity index (χ4v) is 0.961. The molecule has 0 heterocycles. The molecule has 0 saturated heterocycles. The van der Waals surface area contributed by atoms with Gasteiger partial charge in [-0.2, -0.15) is 0 Å². The summed E-state index contributed by atoms with van der Waals surface area (Å²) in [4.78, 5) is 0. The first-order chi connectivity index (χ1) is 5.13.